The van der Waals surface area contributed by atoms with Crippen molar-refractivity contribution in [3.63, 3.8) is 0 Å². The molecule has 2 amide bonds. The number of carbonyl (C=O) groups is 2. The minimum absolute atomic E-state index is 0.135. The van der Waals surface area contributed by atoms with Gasteiger partial charge in [0.05, 0.1) is 17.5 Å². The molecule has 0 saturated carbocycles. The monoisotopic (exact) mass is 276 g/mol. The van der Waals surface area contributed by atoms with Gasteiger partial charge in [-0.3, -0.25) is 4.90 Å². The summed E-state index contributed by atoms with van der Waals surface area (Å²) in [5.74, 6) is -0.541. The number of rotatable bonds is 4. The van der Waals surface area contributed by atoms with E-state index in [4.69, 9.17) is 9.84 Å². The van der Waals surface area contributed by atoms with Crippen molar-refractivity contribution in [1.29, 1.82) is 0 Å². The second-order valence-electron chi connectivity index (χ2n) is 4.94. The molecule has 0 aromatic heterocycles. The number of hydrogen-bond donors (Lipinski definition) is 2. The summed E-state index contributed by atoms with van der Waals surface area (Å²) in [5.41, 5.74) is -0.526. The fraction of sp³-hybridized carbons (Fsp3) is 0.818. The first-order valence-corrected chi connectivity index (χ1v) is 6.77. The highest BCUT2D eigenvalue weighted by molar-refractivity contribution is 8.00. The number of methoxy groups -OCH3 is 1. The van der Waals surface area contributed by atoms with Crippen molar-refractivity contribution >= 4 is 23.8 Å². The highest BCUT2D eigenvalue weighted by Crippen LogP contribution is 2.29. The molecule has 2 N–H and O–H groups in total. The molecular weight excluding hydrogens is 256 g/mol. The van der Waals surface area contributed by atoms with Crippen molar-refractivity contribution in [3.8, 4) is 0 Å². The molecule has 1 saturated heterocycles. The molecule has 6 nitrogen and oxygen atoms in total. The number of amides is 2. The normalized spacial score (nSPS) is 24.1. The van der Waals surface area contributed by atoms with Crippen molar-refractivity contribution < 1.29 is 19.4 Å². The van der Waals surface area contributed by atoms with Crippen LogP contribution in [0.5, 0.6) is 0 Å². The Morgan fingerprint density at radius 2 is 2.17 bits per heavy atom. The lowest BCUT2D eigenvalue weighted by Gasteiger charge is -2.31. The number of aliphatic carboxylic acids is 1. The predicted molar refractivity (Wildman–Crippen MR) is 69.7 cm³/mol. The Morgan fingerprint density at radius 1 is 1.56 bits per heavy atom. The lowest BCUT2D eigenvalue weighted by molar-refractivity contribution is -0.141. The van der Waals surface area contributed by atoms with Gasteiger partial charge in [-0.05, 0) is 20.8 Å². The van der Waals surface area contributed by atoms with Crippen LogP contribution in [-0.4, -0.2) is 58.4 Å². The summed E-state index contributed by atoms with van der Waals surface area (Å²) in [4.78, 5) is 24.6. The molecule has 1 fully saturated rings. The zero-order valence-corrected chi connectivity index (χ0v) is 11.9. The van der Waals surface area contributed by atoms with Crippen LogP contribution in [0.4, 0.5) is 4.79 Å². The van der Waals surface area contributed by atoms with Gasteiger partial charge in [0.15, 0.2) is 0 Å². The third-order valence-electron chi connectivity index (χ3n) is 2.69. The molecule has 1 heterocycles. The second kappa shape index (κ2) is 5.79. The minimum Gasteiger partial charge on any atom is -0.480 e. The Labute approximate surface area is 111 Å². The molecule has 104 valence electrons. The minimum atomic E-state index is -0.966. The van der Waals surface area contributed by atoms with Crippen molar-refractivity contribution in [1.82, 2.24) is 10.2 Å². The average molecular weight is 276 g/mol. The zero-order chi connectivity index (χ0) is 13.9. The van der Waals surface area contributed by atoms with Crippen LogP contribution < -0.4 is 5.32 Å². The first-order valence-electron chi connectivity index (χ1n) is 5.72. The first kappa shape index (κ1) is 15.1. The number of thioether (sulfide) groups is 1. The molecule has 7 heteroatoms. The Balaban J connectivity index is 2.73. The van der Waals surface area contributed by atoms with E-state index in [9.17, 15) is 9.59 Å². The zero-order valence-electron chi connectivity index (χ0n) is 11.1. The van der Waals surface area contributed by atoms with Crippen LogP contribution in [0.25, 0.3) is 0 Å². The summed E-state index contributed by atoms with van der Waals surface area (Å²) in [6, 6.07) is -1.12. The number of carboxylic acid groups (broad SMARTS) is 1. The largest absolute Gasteiger partial charge is 0.480 e. The molecule has 0 spiro atoms. The van der Waals surface area contributed by atoms with Crippen LogP contribution in [0, 0.1) is 0 Å². The van der Waals surface area contributed by atoms with Crippen LogP contribution >= 0.6 is 11.8 Å². The fourth-order valence-corrected chi connectivity index (χ4v) is 3.06. The standard InChI is InChI=1S/C11H20N2O4S/c1-7-13(8(5-18-7)9(14)15)10(16)12-11(2,3)6-17-4/h7-8H,5-6H2,1-4H3,(H,12,16)(H,14,15). The van der Waals surface area contributed by atoms with Gasteiger partial charge in [-0.25, -0.2) is 9.59 Å². The Hall–Kier alpha value is -0.950. The van der Waals surface area contributed by atoms with Gasteiger partial charge >= 0.3 is 12.0 Å². The van der Waals surface area contributed by atoms with E-state index in [-0.39, 0.29) is 11.4 Å². The molecule has 0 aromatic carbocycles. The number of hydrogen-bond acceptors (Lipinski definition) is 4. The molecule has 0 radical (unpaired) electrons. The van der Waals surface area contributed by atoms with Gasteiger partial charge in [0.25, 0.3) is 0 Å². The molecule has 0 aliphatic carbocycles. The maximum Gasteiger partial charge on any atom is 0.327 e. The lowest BCUT2D eigenvalue weighted by Crippen LogP contribution is -2.56. The molecule has 1 rings (SSSR count). The molecule has 18 heavy (non-hydrogen) atoms. The molecule has 2 unspecified atom stereocenters. The first-order chi connectivity index (χ1) is 8.28. The van der Waals surface area contributed by atoms with E-state index in [2.05, 4.69) is 5.32 Å². The topological polar surface area (TPSA) is 78.9 Å². The summed E-state index contributed by atoms with van der Waals surface area (Å²) in [6.07, 6.45) is 0. The number of nitrogens with zero attached hydrogens (tertiary/aromatic N) is 1. The molecule has 1 aliphatic rings. The van der Waals surface area contributed by atoms with E-state index in [1.54, 1.807) is 7.11 Å². The van der Waals surface area contributed by atoms with Gasteiger partial charge in [-0.2, -0.15) is 0 Å². The second-order valence-corrected chi connectivity index (χ2v) is 6.29. The third-order valence-corrected chi connectivity index (χ3v) is 3.91. The van der Waals surface area contributed by atoms with E-state index >= 15 is 0 Å². The summed E-state index contributed by atoms with van der Waals surface area (Å²) in [5, 5.41) is 11.8. The maximum atomic E-state index is 12.1. The van der Waals surface area contributed by atoms with Gasteiger partial charge < -0.3 is 15.2 Å². The summed E-state index contributed by atoms with van der Waals surface area (Å²) < 4.78 is 5.02. The Kier molecular flexibility index (Phi) is 4.86. The van der Waals surface area contributed by atoms with Gasteiger partial charge in [0.2, 0.25) is 0 Å². The Bertz CT molecular complexity index is 335. The van der Waals surface area contributed by atoms with E-state index in [0.29, 0.717) is 12.4 Å². The maximum absolute atomic E-state index is 12.1. The van der Waals surface area contributed by atoms with Gasteiger partial charge in [-0.15, -0.1) is 11.8 Å². The van der Waals surface area contributed by atoms with Crippen LogP contribution in [0.2, 0.25) is 0 Å². The van der Waals surface area contributed by atoms with Gasteiger partial charge in [0, 0.05) is 12.9 Å². The van der Waals surface area contributed by atoms with Gasteiger partial charge in [0.1, 0.15) is 6.04 Å². The smallest absolute Gasteiger partial charge is 0.327 e. The van der Waals surface area contributed by atoms with Crippen molar-refractivity contribution in [2.75, 3.05) is 19.5 Å². The lowest BCUT2D eigenvalue weighted by atomic mass is 10.1. The molecule has 0 aromatic rings. The third kappa shape index (κ3) is 3.52. The molecular formula is C11H20N2O4S. The van der Waals surface area contributed by atoms with Crippen molar-refractivity contribution in [3.05, 3.63) is 0 Å². The Morgan fingerprint density at radius 3 is 2.67 bits per heavy atom. The predicted octanol–water partition coefficient (Wildman–Crippen LogP) is 0.969. The highest BCUT2D eigenvalue weighted by Gasteiger charge is 2.40. The van der Waals surface area contributed by atoms with Crippen molar-refractivity contribution in [2.45, 2.75) is 37.7 Å². The number of urea groups is 1. The van der Waals surface area contributed by atoms with Gasteiger partial charge in [-0.1, -0.05) is 0 Å². The summed E-state index contributed by atoms with van der Waals surface area (Å²) in [6.45, 7) is 5.86. The van der Waals surface area contributed by atoms with Crippen LogP contribution in [0.15, 0.2) is 0 Å². The van der Waals surface area contributed by atoms with E-state index < -0.39 is 17.6 Å². The van der Waals surface area contributed by atoms with Crippen LogP contribution in [-0.2, 0) is 9.53 Å². The number of carbonyl (C=O) groups excluding carboxylic acids is 1. The highest BCUT2D eigenvalue weighted by atomic mass is 32.2. The number of nitrogens with one attached hydrogen (secondary N) is 1. The summed E-state index contributed by atoms with van der Waals surface area (Å²) >= 11 is 1.46. The van der Waals surface area contributed by atoms with E-state index in [1.807, 2.05) is 20.8 Å². The SMILES string of the molecule is COCC(C)(C)NC(=O)N1C(C)SCC1C(=O)O. The quantitative estimate of drug-likeness (QED) is 0.800. The summed E-state index contributed by atoms with van der Waals surface area (Å²) in [7, 11) is 1.56. The molecule has 2 atom stereocenters. The molecule has 1 aliphatic heterocycles. The van der Waals surface area contributed by atoms with Crippen LogP contribution in [0.3, 0.4) is 0 Å². The average Bonchev–Trinajstić information content (AvgIpc) is 2.59. The number of carboxylic acids is 1. The van der Waals surface area contributed by atoms with E-state index in [1.165, 1.54) is 16.7 Å². The molecule has 0 bridgehead atoms. The van der Waals surface area contributed by atoms with E-state index in [0.717, 1.165) is 0 Å². The van der Waals surface area contributed by atoms with Crippen LogP contribution in [0.1, 0.15) is 20.8 Å². The van der Waals surface area contributed by atoms with Crippen molar-refractivity contribution in [2.24, 2.45) is 0 Å². The number of ether oxygens (including phenoxy) is 1. The fourth-order valence-electron chi connectivity index (χ4n) is 1.89.